The molecule has 2 atom stereocenters. The molecule has 1 fully saturated rings. The fourth-order valence-electron chi connectivity index (χ4n) is 2.65. The monoisotopic (exact) mass is 338 g/mol. The number of amides is 2. The Morgan fingerprint density at radius 3 is 2.60 bits per heavy atom. The first-order chi connectivity index (χ1) is 9.41. The van der Waals surface area contributed by atoms with Crippen molar-refractivity contribution in [1.82, 2.24) is 10.2 Å². The van der Waals surface area contributed by atoms with Gasteiger partial charge in [0, 0.05) is 4.47 Å². The summed E-state index contributed by atoms with van der Waals surface area (Å²) in [7, 11) is 0. The molecule has 108 valence electrons. The van der Waals surface area contributed by atoms with Crippen LogP contribution in [-0.2, 0) is 9.59 Å². The first kappa shape index (κ1) is 15.0. The number of carbonyl (C=O) groups excluding carboxylic acids is 2. The third-order valence-corrected chi connectivity index (χ3v) is 4.14. The number of rotatable bonds is 3. The average Bonchev–Trinajstić information content (AvgIpc) is 2.40. The number of piperazine rings is 1. The molecule has 2 rings (SSSR count). The van der Waals surface area contributed by atoms with Gasteiger partial charge < -0.3 is 10.2 Å². The smallest absolute Gasteiger partial charge is 0.243 e. The van der Waals surface area contributed by atoms with Crippen LogP contribution in [0.1, 0.15) is 32.4 Å². The molecule has 1 N–H and O–H groups in total. The third kappa shape index (κ3) is 2.87. The van der Waals surface area contributed by atoms with Gasteiger partial charge in [-0.25, -0.2) is 0 Å². The minimum atomic E-state index is -0.412. The number of benzene rings is 1. The van der Waals surface area contributed by atoms with Gasteiger partial charge >= 0.3 is 0 Å². The normalized spacial score (nSPS) is 21.1. The topological polar surface area (TPSA) is 49.4 Å². The number of nitrogens with one attached hydrogen (secondary N) is 1. The van der Waals surface area contributed by atoms with Gasteiger partial charge in [0.1, 0.15) is 6.04 Å². The van der Waals surface area contributed by atoms with Crippen LogP contribution in [0.3, 0.4) is 0 Å². The summed E-state index contributed by atoms with van der Waals surface area (Å²) in [5.74, 6) is -0.0222. The number of hydrogen-bond acceptors (Lipinski definition) is 2. The van der Waals surface area contributed by atoms with Crippen LogP contribution in [0.2, 0.25) is 0 Å². The van der Waals surface area contributed by atoms with E-state index in [1.54, 1.807) is 4.90 Å². The third-order valence-electron chi connectivity index (χ3n) is 3.65. The lowest BCUT2D eigenvalue weighted by Crippen LogP contribution is -2.60. The van der Waals surface area contributed by atoms with E-state index in [2.05, 4.69) is 21.2 Å². The molecule has 2 unspecified atom stereocenters. The Labute approximate surface area is 127 Å². The summed E-state index contributed by atoms with van der Waals surface area (Å²) < 4.78 is 0.969. The highest BCUT2D eigenvalue weighted by atomic mass is 79.9. The van der Waals surface area contributed by atoms with E-state index in [9.17, 15) is 9.59 Å². The quantitative estimate of drug-likeness (QED) is 0.920. The molecule has 0 saturated carbocycles. The van der Waals surface area contributed by atoms with E-state index in [0.29, 0.717) is 0 Å². The molecule has 1 aromatic rings. The fourth-order valence-corrected chi connectivity index (χ4v) is 3.06. The maximum Gasteiger partial charge on any atom is 0.243 e. The molecule has 0 spiro atoms. The molecule has 4 nitrogen and oxygen atoms in total. The van der Waals surface area contributed by atoms with Gasteiger partial charge in [0.15, 0.2) is 0 Å². The number of halogens is 1. The Bertz CT molecular complexity index is 530. The summed E-state index contributed by atoms with van der Waals surface area (Å²) in [4.78, 5) is 26.0. The molecule has 5 heteroatoms. The molecule has 1 saturated heterocycles. The lowest BCUT2D eigenvalue weighted by atomic mass is 9.95. The summed E-state index contributed by atoms with van der Waals surface area (Å²) in [5.41, 5.74) is 1.02. The van der Waals surface area contributed by atoms with Crippen molar-refractivity contribution in [2.75, 3.05) is 6.54 Å². The van der Waals surface area contributed by atoms with Gasteiger partial charge in [0.25, 0.3) is 0 Å². The van der Waals surface area contributed by atoms with Crippen molar-refractivity contribution < 1.29 is 9.59 Å². The van der Waals surface area contributed by atoms with Crippen molar-refractivity contribution in [2.24, 2.45) is 5.92 Å². The maximum absolute atomic E-state index is 12.3. The Morgan fingerprint density at radius 2 is 2.00 bits per heavy atom. The standard InChI is InChI=1S/C15H19BrN2O2/c1-9(2)14-15(20)17-8-13(19)18(14)10(3)11-5-4-6-12(16)7-11/h4-7,9-10,14H,8H2,1-3H3,(H,17,20). The molecule has 1 aliphatic rings. The molecule has 20 heavy (non-hydrogen) atoms. The molecular formula is C15H19BrN2O2. The number of carbonyl (C=O) groups is 2. The maximum atomic E-state index is 12.3. The Balaban J connectivity index is 2.35. The van der Waals surface area contributed by atoms with Crippen molar-refractivity contribution in [3.8, 4) is 0 Å². The molecule has 1 aliphatic heterocycles. The second-order valence-electron chi connectivity index (χ2n) is 5.44. The summed E-state index contributed by atoms with van der Waals surface area (Å²) in [6.07, 6.45) is 0. The zero-order valence-corrected chi connectivity index (χ0v) is 13.5. The predicted octanol–water partition coefficient (Wildman–Crippen LogP) is 2.49. The largest absolute Gasteiger partial charge is 0.345 e. The van der Waals surface area contributed by atoms with E-state index in [1.165, 1.54) is 0 Å². The summed E-state index contributed by atoms with van der Waals surface area (Å²) in [6.45, 7) is 5.97. The van der Waals surface area contributed by atoms with Crippen LogP contribution < -0.4 is 5.32 Å². The highest BCUT2D eigenvalue weighted by Crippen LogP contribution is 2.28. The van der Waals surface area contributed by atoms with Gasteiger partial charge in [0.05, 0.1) is 12.6 Å². The van der Waals surface area contributed by atoms with Crippen LogP contribution in [0, 0.1) is 5.92 Å². The molecule has 2 amide bonds. The van der Waals surface area contributed by atoms with Gasteiger partial charge in [-0.3, -0.25) is 9.59 Å². The average molecular weight is 339 g/mol. The zero-order valence-electron chi connectivity index (χ0n) is 11.9. The highest BCUT2D eigenvalue weighted by Gasteiger charge is 2.39. The molecule has 0 aliphatic carbocycles. The van der Waals surface area contributed by atoms with Crippen molar-refractivity contribution in [2.45, 2.75) is 32.9 Å². The van der Waals surface area contributed by atoms with Gasteiger partial charge in [-0.1, -0.05) is 41.9 Å². The molecule has 0 bridgehead atoms. The summed E-state index contributed by atoms with van der Waals surface area (Å²) >= 11 is 3.44. The Hall–Kier alpha value is -1.36. The molecule has 1 aromatic carbocycles. The minimum absolute atomic E-state index is 0.0317. The lowest BCUT2D eigenvalue weighted by molar-refractivity contribution is -0.150. The van der Waals surface area contributed by atoms with Crippen molar-refractivity contribution in [3.05, 3.63) is 34.3 Å². The van der Waals surface area contributed by atoms with E-state index in [-0.39, 0.29) is 30.3 Å². The lowest BCUT2D eigenvalue weighted by Gasteiger charge is -2.41. The fraction of sp³-hybridized carbons (Fsp3) is 0.467. The first-order valence-corrected chi connectivity index (χ1v) is 7.55. The second kappa shape index (κ2) is 5.95. The van der Waals surface area contributed by atoms with E-state index < -0.39 is 6.04 Å². The van der Waals surface area contributed by atoms with E-state index in [0.717, 1.165) is 10.0 Å². The minimum Gasteiger partial charge on any atom is -0.345 e. The molecular weight excluding hydrogens is 320 g/mol. The van der Waals surface area contributed by atoms with E-state index in [4.69, 9.17) is 0 Å². The molecule has 1 heterocycles. The Morgan fingerprint density at radius 1 is 1.30 bits per heavy atom. The summed E-state index contributed by atoms with van der Waals surface area (Å²) in [5, 5.41) is 2.67. The van der Waals surface area contributed by atoms with Gasteiger partial charge in [-0.15, -0.1) is 0 Å². The highest BCUT2D eigenvalue weighted by molar-refractivity contribution is 9.10. The van der Waals surface area contributed by atoms with Crippen LogP contribution >= 0.6 is 15.9 Å². The molecule has 0 radical (unpaired) electrons. The van der Waals surface area contributed by atoms with E-state index >= 15 is 0 Å². The first-order valence-electron chi connectivity index (χ1n) is 6.76. The second-order valence-corrected chi connectivity index (χ2v) is 6.35. The van der Waals surface area contributed by atoms with Crippen molar-refractivity contribution >= 4 is 27.7 Å². The predicted molar refractivity (Wildman–Crippen MR) is 81.0 cm³/mol. The zero-order chi connectivity index (χ0) is 14.9. The van der Waals surface area contributed by atoms with Gasteiger partial charge in [0.2, 0.25) is 11.8 Å². The van der Waals surface area contributed by atoms with Gasteiger partial charge in [-0.2, -0.15) is 0 Å². The van der Waals surface area contributed by atoms with Crippen LogP contribution in [0.25, 0.3) is 0 Å². The van der Waals surface area contributed by atoms with Crippen LogP contribution in [0.15, 0.2) is 28.7 Å². The van der Waals surface area contributed by atoms with Crippen LogP contribution in [0.4, 0.5) is 0 Å². The van der Waals surface area contributed by atoms with E-state index in [1.807, 2.05) is 45.0 Å². The van der Waals surface area contributed by atoms with Gasteiger partial charge in [-0.05, 0) is 30.5 Å². The summed E-state index contributed by atoms with van der Waals surface area (Å²) in [6, 6.07) is 7.31. The van der Waals surface area contributed by atoms with Crippen LogP contribution in [0.5, 0.6) is 0 Å². The number of nitrogens with zero attached hydrogens (tertiary/aromatic N) is 1. The van der Waals surface area contributed by atoms with Crippen LogP contribution in [-0.4, -0.2) is 29.3 Å². The Kier molecular flexibility index (Phi) is 4.48. The molecule has 0 aromatic heterocycles. The number of hydrogen-bond donors (Lipinski definition) is 1. The van der Waals surface area contributed by atoms with Crippen molar-refractivity contribution in [3.63, 3.8) is 0 Å². The van der Waals surface area contributed by atoms with Crippen molar-refractivity contribution in [1.29, 1.82) is 0 Å². The SMILES string of the molecule is CC(C)C1C(=O)NCC(=O)N1C(C)c1cccc(Br)c1.